The second-order valence-electron chi connectivity index (χ2n) is 6.14. The third-order valence-corrected chi connectivity index (χ3v) is 4.56. The van der Waals surface area contributed by atoms with Gasteiger partial charge in [-0.25, -0.2) is 9.18 Å². The molecular weight excluding hydrogens is 371 g/mol. The topological polar surface area (TPSA) is 64.7 Å². The smallest absolute Gasteiger partial charge is 0.317 e. The van der Waals surface area contributed by atoms with Crippen LogP contribution in [0.1, 0.15) is 0 Å². The summed E-state index contributed by atoms with van der Waals surface area (Å²) in [6.45, 7) is 2.25. The van der Waals surface area contributed by atoms with Crippen LogP contribution in [0.15, 0.2) is 48.5 Å². The van der Waals surface area contributed by atoms with E-state index in [2.05, 4.69) is 15.5 Å². The van der Waals surface area contributed by atoms with Crippen molar-refractivity contribution in [3.05, 3.63) is 59.4 Å². The summed E-state index contributed by atoms with van der Waals surface area (Å²) in [6, 6.07) is 13.1. The molecule has 6 nitrogen and oxygen atoms in total. The summed E-state index contributed by atoms with van der Waals surface area (Å²) in [6.07, 6.45) is 0. The molecule has 0 spiro atoms. The maximum absolute atomic E-state index is 13.5. The van der Waals surface area contributed by atoms with Crippen LogP contribution in [0, 0.1) is 5.82 Å². The fraction of sp³-hybridized carbons (Fsp3) is 0.263. The zero-order valence-corrected chi connectivity index (χ0v) is 15.4. The lowest BCUT2D eigenvalue weighted by atomic mass is 10.2. The van der Waals surface area contributed by atoms with E-state index in [-0.39, 0.29) is 18.3 Å². The van der Waals surface area contributed by atoms with Gasteiger partial charge in [-0.3, -0.25) is 4.79 Å². The predicted octanol–water partition coefficient (Wildman–Crippen LogP) is 2.95. The molecule has 1 saturated heterocycles. The first kappa shape index (κ1) is 19.0. The van der Waals surface area contributed by atoms with E-state index in [4.69, 9.17) is 11.6 Å². The average molecular weight is 391 g/mol. The van der Waals surface area contributed by atoms with Gasteiger partial charge in [0.05, 0.1) is 12.2 Å². The van der Waals surface area contributed by atoms with Gasteiger partial charge in [-0.15, -0.1) is 0 Å². The molecule has 3 amide bonds. The Hall–Kier alpha value is -2.80. The van der Waals surface area contributed by atoms with E-state index in [1.165, 1.54) is 18.2 Å². The summed E-state index contributed by atoms with van der Waals surface area (Å²) in [4.78, 5) is 27.9. The molecule has 8 heteroatoms. The number of benzene rings is 2. The van der Waals surface area contributed by atoms with Crippen molar-refractivity contribution in [1.29, 1.82) is 0 Å². The van der Waals surface area contributed by atoms with E-state index in [1.807, 2.05) is 24.3 Å². The molecule has 1 aliphatic rings. The molecule has 0 saturated carbocycles. The molecule has 0 aliphatic carbocycles. The van der Waals surface area contributed by atoms with Gasteiger partial charge in [-0.2, -0.15) is 0 Å². The van der Waals surface area contributed by atoms with Crippen LogP contribution in [-0.2, 0) is 4.79 Å². The van der Waals surface area contributed by atoms with E-state index in [0.29, 0.717) is 31.2 Å². The van der Waals surface area contributed by atoms with Gasteiger partial charge in [-0.05, 0) is 36.4 Å². The van der Waals surface area contributed by atoms with Crippen LogP contribution < -0.4 is 15.5 Å². The van der Waals surface area contributed by atoms with E-state index in [0.717, 1.165) is 5.69 Å². The number of halogens is 2. The molecule has 1 heterocycles. The third-order valence-electron chi connectivity index (χ3n) is 4.31. The highest BCUT2D eigenvalue weighted by Gasteiger charge is 2.21. The molecule has 2 N–H and O–H groups in total. The molecule has 142 valence electrons. The van der Waals surface area contributed by atoms with Gasteiger partial charge in [0.1, 0.15) is 5.82 Å². The largest absolute Gasteiger partial charge is 0.368 e. The predicted molar refractivity (Wildman–Crippen MR) is 104 cm³/mol. The molecule has 0 atom stereocenters. The number of rotatable bonds is 4. The summed E-state index contributed by atoms with van der Waals surface area (Å²) in [5.41, 5.74) is 1.15. The van der Waals surface area contributed by atoms with Crippen LogP contribution >= 0.6 is 11.6 Å². The van der Waals surface area contributed by atoms with Crippen LogP contribution in [0.25, 0.3) is 0 Å². The van der Waals surface area contributed by atoms with Gasteiger partial charge in [0.15, 0.2) is 0 Å². The highest BCUT2D eigenvalue weighted by atomic mass is 35.5. The van der Waals surface area contributed by atoms with Crippen molar-refractivity contribution in [2.75, 3.05) is 42.9 Å². The van der Waals surface area contributed by atoms with Crippen molar-refractivity contribution in [3.63, 3.8) is 0 Å². The maximum atomic E-state index is 13.5. The molecular formula is C19H20ClFN4O2. The van der Waals surface area contributed by atoms with Gasteiger partial charge in [-0.1, -0.05) is 23.7 Å². The molecule has 0 unspecified atom stereocenters. The number of carbonyl (C=O) groups excluding carboxylic acids is 2. The van der Waals surface area contributed by atoms with Gasteiger partial charge in [0, 0.05) is 36.9 Å². The van der Waals surface area contributed by atoms with Gasteiger partial charge >= 0.3 is 6.03 Å². The summed E-state index contributed by atoms with van der Waals surface area (Å²) >= 11 is 5.90. The molecule has 27 heavy (non-hydrogen) atoms. The molecule has 2 aromatic carbocycles. The van der Waals surface area contributed by atoms with Crippen molar-refractivity contribution in [2.45, 2.75) is 0 Å². The van der Waals surface area contributed by atoms with E-state index in [1.54, 1.807) is 11.0 Å². The molecule has 3 rings (SSSR count). The molecule has 2 aromatic rings. The number of hydrogen-bond acceptors (Lipinski definition) is 3. The second kappa shape index (κ2) is 8.73. The number of hydrogen-bond donors (Lipinski definition) is 2. The summed E-state index contributed by atoms with van der Waals surface area (Å²) < 4.78 is 13.5. The number of piperazine rings is 1. The first-order valence-electron chi connectivity index (χ1n) is 8.60. The Labute approximate surface area is 161 Å². The van der Waals surface area contributed by atoms with Gasteiger partial charge in [0.25, 0.3) is 0 Å². The number of para-hydroxylation sites is 1. The summed E-state index contributed by atoms with van der Waals surface area (Å²) in [5, 5.41) is 5.69. The van der Waals surface area contributed by atoms with Crippen LogP contribution in [0.3, 0.4) is 0 Å². The van der Waals surface area contributed by atoms with Crippen molar-refractivity contribution in [3.8, 4) is 0 Å². The monoisotopic (exact) mass is 390 g/mol. The zero-order valence-electron chi connectivity index (χ0n) is 14.6. The highest BCUT2D eigenvalue weighted by Crippen LogP contribution is 2.19. The quantitative estimate of drug-likeness (QED) is 0.843. The Morgan fingerprint density at radius 2 is 1.67 bits per heavy atom. The molecule has 1 aliphatic heterocycles. The highest BCUT2D eigenvalue weighted by molar-refractivity contribution is 6.30. The van der Waals surface area contributed by atoms with Crippen molar-refractivity contribution >= 4 is 34.9 Å². The Kier molecular flexibility index (Phi) is 6.13. The Morgan fingerprint density at radius 1 is 1.00 bits per heavy atom. The third kappa shape index (κ3) is 5.10. The maximum Gasteiger partial charge on any atom is 0.317 e. The fourth-order valence-electron chi connectivity index (χ4n) is 2.84. The number of nitrogens with zero attached hydrogens (tertiary/aromatic N) is 2. The lowest BCUT2D eigenvalue weighted by Gasteiger charge is -2.36. The van der Waals surface area contributed by atoms with Gasteiger partial charge < -0.3 is 20.4 Å². The van der Waals surface area contributed by atoms with Crippen molar-refractivity contribution < 1.29 is 14.0 Å². The van der Waals surface area contributed by atoms with Crippen molar-refractivity contribution in [2.24, 2.45) is 0 Å². The number of urea groups is 1. The minimum atomic E-state index is -0.518. The number of nitrogens with one attached hydrogen (secondary N) is 2. The summed E-state index contributed by atoms with van der Waals surface area (Å²) in [7, 11) is 0. The number of anilines is 2. The van der Waals surface area contributed by atoms with Crippen LogP contribution in [0.2, 0.25) is 5.02 Å². The SMILES string of the molecule is O=C(CNC(=O)N1CCN(c2ccc(Cl)cc2)CC1)Nc1ccccc1F. The first-order valence-corrected chi connectivity index (χ1v) is 8.98. The average Bonchev–Trinajstić information content (AvgIpc) is 2.69. The van der Waals surface area contributed by atoms with E-state index in [9.17, 15) is 14.0 Å². The molecule has 0 radical (unpaired) electrons. The van der Waals surface area contributed by atoms with Crippen LogP contribution in [-0.4, -0.2) is 49.6 Å². The summed E-state index contributed by atoms with van der Waals surface area (Å²) in [5.74, 6) is -0.997. The fourth-order valence-corrected chi connectivity index (χ4v) is 2.97. The second-order valence-corrected chi connectivity index (χ2v) is 6.57. The van der Waals surface area contributed by atoms with E-state index < -0.39 is 11.7 Å². The van der Waals surface area contributed by atoms with Crippen LogP contribution in [0.4, 0.5) is 20.6 Å². The lowest BCUT2D eigenvalue weighted by Crippen LogP contribution is -2.52. The minimum absolute atomic E-state index is 0.0910. The minimum Gasteiger partial charge on any atom is -0.368 e. The Morgan fingerprint density at radius 3 is 2.33 bits per heavy atom. The first-order chi connectivity index (χ1) is 13.0. The standard InChI is InChI=1S/C19H20ClFN4O2/c20-14-5-7-15(8-6-14)24-9-11-25(12-10-24)19(27)22-13-18(26)23-17-4-2-1-3-16(17)21/h1-8H,9-13H2,(H,22,27)(H,23,26). The lowest BCUT2D eigenvalue weighted by molar-refractivity contribution is -0.115. The Balaban J connectivity index is 1.43. The molecule has 1 fully saturated rings. The van der Waals surface area contributed by atoms with Gasteiger partial charge in [0.2, 0.25) is 5.91 Å². The molecule has 0 bridgehead atoms. The van der Waals surface area contributed by atoms with Crippen LogP contribution in [0.5, 0.6) is 0 Å². The number of carbonyl (C=O) groups is 2. The zero-order chi connectivity index (χ0) is 19.2. The van der Waals surface area contributed by atoms with Crippen molar-refractivity contribution in [1.82, 2.24) is 10.2 Å². The number of amides is 3. The van der Waals surface area contributed by atoms with E-state index >= 15 is 0 Å². The normalized spacial score (nSPS) is 14.0. The molecule has 0 aromatic heterocycles. The Bertz CT molecular complexity index is 808.